The van der Waals surface area contributed by atoms with Crippen LogP contribution >= 0.6 is 11.3 Å². The van der Waals surface area contributed by atoms with Crippen LogP contribution in [0.25, 0.3) is 11.1 Å². The predicted molar refractivity (Wildman–Crippen MR) is 153 cm³/mol. The number of halogens is 1. The molecule has 12 heteroatoms. The molecule has 0 amide bonds. The Hall–Kier alpha value is -4.03. The summed E-state index contributed by atoms with van der Waals surface area (Å²) < 4.78 is 35.3. The van der Waals surface area contributed by atoms with Crippen molar-refractivity contribution in [1.82, 2.24) is 9.97 Å². The number of esters is 1. The van der Waals surface area contributed by atoms with E-state index >= 15 is 0 Å². The number of methoxy groups -OCH3 is 2. The number of anilines is 3. The lowest BCUT2D eigenvalue weighted by molar-refractivity contribution is -0.140. The van der Waals surface area contributed by atoms with Crippen molar-refractivity contribution in [3.8, 4) is 5.75 Å². The molecule has 0 unspecified atom stereocenters. The normalized spacial score (nSPS) is 14.9. The van der Waals surface area contributed by atoms with E-state index in [9.17, 15) is 14.0 Å². The van der Waals surface area contributed by atoms with Crippen LogP contribution in [0.2, 0.25) is 0 Å². The Labute approximate surface area is 240 Å². The molecule has 0 saturated carbocycles. The lowest BCUT2D eigenvalue weighted by atomic mass is 10.1. The van der Waals surface area contributed by atoms with E-state index in [0.29, 0.717) is 42.0 Å². The molecule has 0 bridgehead atoms. The van der Waals surface area contributed by atoms with Crippen LogP contribution in [0.1, 0.15) is 29.7 Å². The number of hydrogen-bond donors (Lipinski definition) is 1. The number of rotatable bonds is 13. The van der Waals surface area contributed by atoms with E-state index in [2.05, 4.69) is 20.2 Å². The first-order valence-electron chi connectivity index (χ1n) is 13.3. The van der Waals surface area contributed by atoms with Crippen molar-refractivity contribution in [3.05, 3.63) is 58.9 Å². The summed E-state index contributed by atoms with van der Waals surface area (Å²) in [4.78, 5) is 36.3. The molecule has 5 rings (SSSR count). The van der Waals surface area contributed by atoms with Crippen LogP contribution in [0.3, 0.4) is 0 Å². The summed E-state index contributed by atoms with van der Waals surface area (Å²) in [5.41, 5.74) is 2.28. The standard InChI is InChI=1S/C29H31FN4O6S/c1-37-25-9-6-19(30)14-24(25)33-28-32-23-8-5-18(13-26(23)40-28)12-21(35)17-39-16-20-4-3-11-34(20)29-31-15-22(41-29)7-10-27(36)38-2/h5-6,8-9,13-15,20H,3-4,7,10-12,16-17H2,1-2H3,(H,32,33)/t20-/m0/s1. The average Bonchev–Trinajstić information content (AvgIpc) is 3.71. The second-order valence-electron chi connectivity index (χ2n) is 9.70. The van der Waals surface area contributed by atoms with Crippen LogP contribution < -0.4 is 15.0 Å². The van der Waals surface area contributed by atoms with E-state index in [1.165, 1.54) is 32.4 Å². The smallest absolute Gasteiger partial charge is 0.305 e. The van der Waals surface area contributed by atoms with Gasteiger partial charge in [-0.2, -0.15) is 4.98 Å². The number of Topliss-reactive ketones (excluding diaryl/α,β-unsaturated/α-hetero) is 1. The number of carbonyl (C=O) groups excluding carboxylic acids is 2. The first-order valence-corrected chi connectivity index (χ1v) is 14.1. The number of hydrogen-bond acceptors (Lipinski definition) is 11. The molecule has 216 valence electrons. The van der Waals surface area contributed by atoms with E-state index in [1.807, 2.05) is 12.3 Å². The molecular formula is C29H31FN4O6S. The predicted octanol–water partition coefficient (Wildman–Crippen LogP) is 5.08. The van der Waals surface area contributed by atoms with E-state index in [4.69, 9.17) is 18.6 Å². The molecule has 41 heavy (non-hydrogen) atoms. The third kappa shape index (κ3) is 7.19. The first-order chi connectivity index (χ1) is 19.9. The molecule has 2 aromatic carbocycles. The zero-order chi connectivity index (χ0) is 28.8. The number of ether oxygens (including phenoxy) is 3. The molecule has 1 fully saturated rings. The SMILES string of the molecule is COC(=O)CCc1cnc(N2CCC[C@H]2COCC(=O)Cc2ccc3nc(Nc4cc(F)ccc4OC)oc3c2)s1. The minimum absolute atomic E-state index is 0.00714. The number of ketones is 1. The maximum Gasteiger partial charge on any atom is 0.305 e. The van der Waals surface area contributed by atoms with Gasteiger partial charge in [-0.15, -0.1) is 11.3 Å². The fraction of sp³-hybridized carbons (Fsp3) is 0.379. The lowest BCUT2D eigenvalue weighted by Gasteiger charge is -2.23. The van der Waals surface area contributed by atoms with Crippen molar-refractivity contribution in [2.24, 2.45) is 0 Å². The van der Waals surface area contributed by atoms with Gasteiger partial charge in [-0.3, -0.25) is 9.59 Å². The minimum Gasteiger partial charge on any atom is -0.495 e. The van der Waals surface area contributed by atoms with Crippen molar-refractivity contribution >= 4 is 51.0 Å². The molecule has 1 atom stereocenters. The number of nitrogens with zero attached hydrogens (tertiary/aromatic N) is 3. The Morgan fingerprint density at radius 1 is 1.22 bits per heavy atom. The van der Waals surface area contributed by atoms with Crippen LogP contribution in [-0.4, -0.2) is 61.7 Å². The highest BCUT2D eigenvalue weighted by atomic mass is 32.1. The Morgan fingerprint density at radius 3 is 2.93 bits per heavy atom. The first kappa shape index (κ1) is 28.5. The molecule has 10 nitrogen and oxygen atoms in total. The van der Waals surface area contributed by atoms with Gasteiger partial charge in [0, 0.05) is 30.1 Å². The Kier molecular flexibility index (Phi) is 9.10. The summed E-state index contributed by atoms with van der Waals surface area (Å²) in [6.07, 6.45) is 4.93. The second kappa shape index (κ2) is 13.1. The zero-order valence-electron chi connectivity index (χ0n) is 22.9. The summed E-state index contributed by atoms with van der Waals surface area (Å²) in [6, 6.07) is 9.83. The van der Waals surface area contributed by atoms with Crippen molar-refractivity contribution in [3.63, 3.8) is 0 Å². The maximum atomic E-state index is 13.7. The van der Waals surface area contributed by atoms with Gasteiger partial charge < -0.3 is 28.8 Å². The Balaban J connectivity index is 1.12. The topological polar surface area (TPSA) is 116 Å². The molecule has 4 aromatic rings. The van der Waals surface area contributed by atoms with Crippen LogP contribution in [-0.2, 0) is 31.9 Å². The van der Waals surface area contributed by atoms with Crippen LogP contribution in [0.4, 0.5) is 21.2 Å². The average molecular weight is 583 g/mol. The van der Waals surface area contributed by atoms with Crippen LogP contribution in [0.15, 0.2) is 47.0 Å². The van der Waals surface area contributed by atoms with Gasteiger partial charge in [0.05, 0.1) is 39.0 Å². The number of fused-ring (bicyclic) bond motifs is 1. The van der Waals surface area contributed by atoms with E-state index < -0.39 is 5.82 Å². The molecule has 1 aliphatic rings. The molecule has 0 radical (unpaired) electrons. The van der Waals surface area contributed by atoms with Gasteiger partial charge in [0.15, 0.2) is 16.5 Å². The van der Waals surface area contributed by atoms with Crippen molar-refractivity contribution in [2.45, 2.75) is 38.1 Å². The van der Waals surface area contributed by atoms with Gasteiger partial charge in [0.25, 0.3) is 6.01 Å². The van der Waals surface area contributed by atoms with Crippen molar-refractivity contribution < 1.29 is 32.6 Å². The highest BCUT2D eigenvalue weighted by molar-refractivity contribution is 7.15. The molecule has 1 aliphatic heterocycles. The third-order valence-corrected chi connectivity index (χ3v) is 7.89. The highest BCUT2D eigenvalue weighted by Crippen LogP contribution is 2.31. The molecule has 1 saturated heterocycles. The zero-order valence-corrected chi connectivity index (χ0v) is 23.7. The largest absolute Gasteiger partial charge is 0.495 e. The minimum atomic E-state index is -0.419. The number of nitrogens with one attached hydrogen (secondary N) is 1. The van der Waals surface area contributed by atoms with E-state index in [-0.39, 0.29) is 36.8 Å². The fourth-order valence-electron chi connectivity index (χ4n) is 4.75. The van der Waals surface area contributed by atoms with Crippen LogP contribution in [0, 0.1) is 5.82 Å². The van der Waals surface area contributed by atoms with E-state index in [0.717, 1.165) is 35.0 Å². The summed E-state index contributed by atoms with van der Waals surface area (Å²) in [5, 5.41) is 3.85. The van der Waals surface area contributed by atoms with Gasteiger partial charge in [-0.25, -0.2) is 9.37 Å². The van der Waals surface area contributed by atoms with Gasteiger partial charge in [0.1, 0.15) is 23.7 Å². The Bertz CT molecular complexity index is 1520. The van der Waals surface area contributed by atoms with Gasteiger partial charge in [0.2, 0.25) is 0 Å². The molecule has 0 spiro atoms. The Morgan fingerprint density at radius 2 is 2.10 bits per heavy atom. The van der Waals surface area contributed by atoms with E-state index in [1.54, 1.807) is 23.5 Å². The number of thiazole rings is 1. The van der Waals surface area contributed by atoms with Gasteiger partial charge in [-0.1, -0.05) is 6.07 Å². The van der Waals surface area contributed by atoms with Crippen LogP contribution in [0.5, 0.6) is 5.75 Å². The fourth-order valence-corrected chi connectivity index (χ4v) is 5.75. The molecule has 2 aromatic heterocycles. The third-order valence-electron chi connectivity index (χ3n) is 6.80. The summed E-state index contributed by atoms with van der Waals surface area (Å²) >= 11 is 1.58. The molecular weight excluding hydrogens is 551 g/mol. The summed E-state index contributed by atoms with van der Waals surface area (Å²) in [6.45, 7) is 1.32. The molecule has 0 aliphatic carbocycles. The summed E-state index contributed by atoms with van der Waals surface area (Å²) in [7, 11) is 2.88. The highest BCUT2D eigenvalue weighted by Gasteiger charge is 2.27. The molecule has 1 N–H and O–H groups in total. The maximum absolute atomic E-state index is 13.7. The number of aryl methyl sites for hydroxylation is 1. The number of oxazole rings is 1. The summed E-state index contributed by atoms with van der Waals surface area (Å²) in [5.74, 6) is -0.248. The second-order valence-corrected chi connectivity index (χ2v) is 10.8. The van der Waals surface area contributed by atoms with Gasteiger partial charge >= 0.3 is 5.97 Å². The van der Waals surface area contributed by atoms with Crippen molar-refractivity contribution in [1.29, 1.82) is 0 Å². The number of carbonyl (C=O) groups is 2. The lowest BCUT2D eigenvalue weighted by Crippen LogP contribution is -2.33. The number of benzene rings is 2. The van der Waals surface area contributed by atoms with Gasteiger partial charge in [-0.05, 0) is 49.1 Å². The molecule has 3 heterocycles. The monoisotopic (exact) mass is 582 g/mol. The number of aromatic nitrogens is 2. The van der Waals surface area contributed by atoms with Crippen molar-refractivity contribution in [2.75, 3.05) is 44.2 Å². The quantitative estimate of drug-likeness (QED) is 0.214.